The van der Waals surface area contributed by atoms with Gasteiger partial charge >= 0.3 is 0 Å². The number of hydrogen-bond donors (Lipinski definition) is 1. The van der Waals surface area contributed by atoms with Crippen LogP contribution < -0.4 is 14.8 Å². The van der Waals surface area contributed by atoms with E-state index in [0.29, 0.717) is 36.9 Å². The van der Waals surface area contributed by atoms with Gasteiger partial charge in [-0.25, -0.2) is 4.68 Å². The molecule has 1 aromatic heterocycles. The van der Waals surface area contributed by atoms with Crippen molar-refractivity contribution < 1.29 is 14.3 Å². The van der Waals surface area contributed by atoms with E-state index in [1.807, 2.05) is 77.6 Å². The second-order valence-electron chi connectivity index (χ2n) is 7.06. The van der Waals surface area contributed by atoms with Crippen molar-refractivity contribution in [2.24, 2.45) is 0 Å². The number of hydrogen-bond acceptors (Lipinski definition) is 5. The number of nitrogens with one attached hydrogen (secondary N) is 1. The summed E-state index contributed by atoms with van der Waals surface area (Å²) in [6, 6.07) is 15.4. The van der Waals surface area contributed by atoms with Crippen molar-refractivity contribution in [2.45, 2.75) is 13.0 Å². The minimum atomic E-state index is -0.0857. The number of anilines is 1. The van der Waals surface area contributed by atoms with E-state index in [1.54, 1.807) is 0 Å². The minimum absolute atomic E-state index is 0.0857. The van der Waals surface area contributed by atoms with Gasteiger partial charge in [0.2, 0.25) is 5.91 Å². The van der Waals surface area contributed by atoms with Crippen LogP contribution in [0.15, 0.2) is 60.9 Å². The molecule has 29 heavy (non-hydrogen) atoms. The van der Waals surface area contributed by atoms with Crippen LogP contribution in [0.5, 0.6) is 11.5 Å². The summed E-state index contributed by atoms with van der Waals surface area (Å²) in [5.41, 5.74) is 2.75. The molecule has 2 heterocycles. The van der Waals surface area contributed by atoms with Crippen LogP contribution in [0, 0.1) is 0 Å². The summed E-state index contributed by atoms with van der Waals surface area (Å²) in [5, 5.41) is 7.32. The quantitative estimate of drug-likeness (QED) is 0.698. The summed E-state index contributed by atoms with van der Waals surface area (Å²) in [6.07, 6.45) is 4.65. The number of nitrogens with zero attached hydrogens (tertiary/aromatic N) is 3. The van der Waals surface area contributed by atoms with Crippen LogP contribution in [-0.2, 0) is 11.3 Å². The van der Waals surface area contributed by atoms with Crippen LogP contribution in [0.25, 0.3) is 5.69 Å². The molecule has 0 unspecified atom stereocenters. The summed E-state index contributed by atoms with van der Waals surface area (Å²) in [6.45, 7) is 2.15. The molecule has 1 N–H and O–H groups in total. The Morgan fingerprint density at radius 3 is 2.76 bits per heavy atom. The number of rotatable bonds is 6. The van der Waals surface area contributed by atoms with Crippen molar-refractivity contribution in [1.82, 2.24) is 14.7 Å². The van der Waals surface area contributed by atoms with Gasteiger partial charge in [0.05, 0.1) is 31.6 Å². The standard InChI is InChI=1S/C22H24N4O3/c1-25(14-17-13-23-26(15-17)19-6-3-2-4-7-19)16-22(27)24-18-8-9-20-21(12-18)29-11-5-10-28-20/h2-4,6-9,12-13,15H,5,10-11,14,16H2,1H3,(H,24,27). The third kappa shape index (κ3) is 4.94. The molecule has 2 aromatic carbocycles. The van der Waals surface area contributed by atoms with Crippen molar-refractivity contribution in [2.75, 3.05) is 32.1 Å². The van der Waals surface area contributed by atoms with E-state index in [4.69, 9.17) is 9.47 Å². The van der Waals surface area contributed by atoms with Gasteiger partial charge in [-0.1, -0.05) is 18.2 Å². The van der Waals surface area contributed by atoms with Crippen molar-refractivity contribution in [3.05, 3.63) is 66.5 Å². The van der Waals surface area contributed by atoms with E-state index in [2.05, 4.69) is 10.4 Å². The van der Waals surface area contributed by atoms with E-state index in [9.17, 15) is 4.79 Å². The molecule has 0 aliphatic carbocycles. The Morgan fingerprint density at radius 2 is 1.93 bits per heavy atom. The maximum Gasteiger partial charge on any atom is 0.238 e. The first kappa shape index (κ1) is 19.0. The lowest BCUT2D eigenvalue weighted by Gasteiger charge is -2.16. The number of fused-ring (bicyclic) bond motifs is 1. The number of ether oxygens (including phenoxy) is 2. The number of aromatic nitrogens is 2. The normalized spacial score (nSPS) is 13.2. The molecule has 0 saturated heterocycles. The summed E-state index contributed by atoms with van der Waals surface area (Å²) >= 11 is 0. The molecule has 7 heteroatoms. The van der Waals surface area contributed by atoms with E-state index in [0.717, 1.165) is 17.7 Å². The maximum absolute atomic E-state index is 12.4. The molecule has 1 aliphatic rings. The van der Waals surface area contributed by atoms with Gasteiger partial charge < -0.3 is 14.8 Å². The van der Waals surface area contributed by atoms with Gasteiger partial charge in [-0.15, -0.1) is 0 Å². The van der Waals surface area contributed by atoms with Gasteiger partial charge in [0, 0.05) is 36.5 Å². The van der Waals surface area contributed by atoms with Crippen molar-refractivity contribution in [1.29, 1.82) is 0 Å². The third-order valence-electron chi connectivity index (χ3n) is 4.55. The number of benzene rings is 2. The lowest BCUT2D eigenvalue weighted by atomic mass is 10.2. The molecule has 0 fully saturated rings. The van der Waals surface area contributed by atoms with E-state index in [-0.39, 0.29) is 12.5 Å². The summed E-state index contributed by atoms with van der Waals surface area (Å²) in [7, 11) is 1.91. The smallest absolute Gasteiger partial charge is 0.238 e. The fourth-order valence-electron chi connectivity index (χ4n) is 3.22. The zero-order valence-electron chi connectivity index (χ0n) is 16.4. The van der Waals surface area contributed by atoms with Crippen LogP contribution in [0.1, 0.15) is 12.0 Å². The molecular weight excluding hydrogens is 368 g/mol. The first-order valence-corrected chi connectivity index (χ1v) is 9.64. The molecule has 0 saturated carbocycles. The largest absolute Gasteiger partial charge is 0.490 e. The molecule has 7 nitrogen and oxygen atoms in total. The van der Waals surface area contributed by atoms with E-state index < -0.39 is 0 Å². The van der Waals surface area contributed by atoms with Gasteiger partial charge in [-0.2, -0.15) is 5.10 Å². The summed E-state index contributed by atoms with van der Waals surface area (Å²) < 4.78 is 13.1. The lowest BCUT2D eigenvalue weighted by molar-refractivity contribution is -0.117. The molecule has 0 radical (unpaired) electrons. The highest BCUT2D eigenvalue weighted by molar-refractivity contribution is 5.92. The molecular formula is C22H24N4O3. The monoisotopic (exact) mass is 392 g/mol. The molecule has 0 atom stereocenters. The van der Waals surface area contributed by atoms with E-state index in [1.165, 1.54) is 0 Å². The zero-order chi connectivity index (χ0) is 20.1. The Morgan fingerprint density at radius 1 is 1.14 bits per heavy atom. The summed E-state index contributed by atoms with van der Waals surface area (Å²) in [5.74, 6) is 1.30. The topological polar surface area (TPSA) is 68.6 Å². The molecule has 150 valence electrons. The number of likely N-dealkylation sites (N-methyl/N-ethyl adjacent to an activating group) is 1. The second kappa shape index (κ2) is 8.79. The Balaban J connectivity index is 1.32. The average molecular weight is 392 g/mol. The minimum Gasteiger partial charge on any atom is -0.490 e. The van der Waals surface area contributed by atoms with Gasteiger partial charge in [0.15, 0.2) is 11.5 Å². The fraction of sp³-hybridized carbons (Fsp3) is 0.273. The second-order valence-corrected chi connectivity index (χ2v) is 7.06. The highest BCUT2D eigenvalue weighted by Crippen LogP contribution is 2.32. The molecule has 4 rings (SSSR count). The Labute approximate surface area is 169 Å². The molecule has 3 aromatic rings. The Bertz CT molecular complexity index is 971. The number of carbonyl (C=O) groups is 1. The third-order valence-corrected chi connectivity index (χ3v) is 4.55. The first-order chi connectivity index (χ1) is 14.2. The SMILES string of the molecule is CN(CC(=O)Nc1ccc2c(c1)OCCCO2)Cc1cnn(-c2ccccc2)c1. The van der Waals surface area contributed by atoms with Gasteiger partial charge in [0.25, 0.3) is 0 Å². The Kier molecular flexibility index (Phi) is 5.76. The van der Waals surface area contributed by atoms with Crippen LogP contribution in [-0.4, -0.2) is 47.4 Å². The molecule has 1 amide bonds. The van der Waals surface area contributed by atoms with Crippen LogP contribution in [0.3, 0.4) is 0 Å². The highest BCUT2D eigenvalue weighted by atomic mass is 16.5. The van der Waals surface area contributed by atoms with Crippen molar-refractivity contribution in [3.8, 4) is 17.2 Å². The first-order valence-electron chi connectivity index (χ1n) is 9.64. The Hall–Kier alpha value is -3.32. The van der Waals surface area contributed by atoms with Gasteiger partial charge in [0.1, 0.15) is 0 Å². The van der Waals surface area contributed by atoms with Crippen LogP contribution in [0.2, 0.25) is 0 Å². The number of carbonyl (C=O) groups excluding carboxylic acids is 1. The van der Waals surface area contributed by atoms with Gasteiger partial charge in [-0.05, 0) is 31.3 Å². The predicted octanol–water partition coefficient (Wildman–Crippen LogP) is 3.10. The highest BCUT2D eigenvalue weighted by Gasteiger charge is 2.13. The predicted molar refractivity (Wildman–Crippen MR) is 111 cm³/mol. The average Bonchev–Trinajstić information content (AvgIpc) is 3.05. The molecule has 1 aliphatic heterocycles. The fourth-order valence-corrected chi connectivity index (χ4v) is 3.22. The van der Waals surface area contributed by atoms with Crippen LogP contribution >= 0.6 is 0 Å². The molecule has 0 spiro atoms. The summed E-state index contributed by atoms with van der Waals surface area (Å²) in [4.78, 5) is 14.4. The zero-order valence-corrected chi connectivity index (χ0v) is 16.4. The van der Waals surface area contributed by atoms with Crippen molar-refractivity contribution >= 4 is 11.6 Å². The lowest BCUT2D eigenvalue weighted by Crippen LogP contribution is -2.29. The number of amides is 1. The maximum atomic E-state index is 12.4. The number of para-hydroxylation sites is 1. The van der Waals surface area contributed by atoms with Crippen molar-refractivity contribution in [3.63, 3.8) is 0 Å². The van der Waals surface area contributed by atoms with E-state index >= 15 is 0 Å². The van der Waals surface area contributed by atoms with Crippen LogP contribution in [0.4, 0.5) is 5.69 Å². The van der Waals surface area contributed by atoms with Gasteiger partial charge in [-0.3, -0.25) is 9.69 Å². The molecule has 0 bridgehead atoms.